The van der Waals surface area contributed by atoms with Crippen molar-refractivity contribution in [3.8, 4) is 23.0 Å². The number of piperidine rings is 2. The smallest absolute Gasteiger partial charge is 0.227 e. The number of carbonyl (C=O) groups is 1. The highest BCUT2D eigenvalue weighted by Gasteiger charge is 2.76. The van der Waals surface area contributed by atoms with Crippen LogP contribution in [0.1, 0.15) is 140 Å². The van der Waals surface area contributed by atoms with Crippen LogP contribution in [0, 0.1) is 11.8 Å². The summed E-state index contributed by atoms with van der Waals surface area (Å²) in [4.78, 5) is 26.4. The number of fused-ring (bicyclic) bond motifs is 5. The number of carbonyl (C=O) groups excluding carboxylic acids is 1. The highest BCUT2D eigenvalue weighted by Crippen LogP contribution is 2.73. The van der Waals surface area contributed by atoms with Gasteiger partial charge in [-0.2, -0.15) is 0 Å². The lowest BCUT2D eigenvalue weighted by Crippen LogP contribution is -2.75. The minimum Gasteiger partial charge on any atom is -0.504 e. The molecular formula is C59H69Cl2N5O7. The fraction of sp³-hybridized carbons (Fsp3) is 0.610. The summed E-state index contributed by atoms with van der Waals surface area (Å²) in [6.07, 6.45) is 15.9. The fourth-order valence-corrected chi connectivity index (χ4v) is 17.8. The number of hydrogen-bond donors (Lipinski definition) is 5. The summed E-state index contributed by atoms with van der Waals surface area (Å²) >= 11 is 12.0. The van der Waals surface area contributed by atoms with Crippen molar-refractivity contribution >= 4 is 29.1 Å². The first kappa shape index (κ1) is 46.3. The van der Waals surface area contributed by atoms with Gasteiger partial charge in [-0.25, -0.2) is 0 Å². The number of nitrogens with one attached hydrogen (secondary N) is 1. The Morgan fingerprint density at radius 1 is 0.699 bits per heavy atom. The zero-order valence-corrected chi connectivity index (χ0v) is 43.5. The van der Waals surface area contributed by atoms with Gasteiger partial charge >= 0.3 is 0 Å². The van der Waals surface area contributed by atoms with Crippen molar-refractivity contribution in [2.24, 2.45) is 11.8 Å². The Hall–Kier alpha value is -4.01. The van der Waals surface area contributed by atoms with Crippen molar-refractivity contribution in [1.29, 1.82) is 0 Å². The molecule has 6 heterocycles. The number of aromatic nitrogens is 1. The number of phenols is 2. The van der Waals surface area contributed by atoms with Gasteiger partial charge in [0.15, 0.2) is 35.2 Å². The average molecular weight is 1030 g/mol. The third-order valence-electron chi connectivity index (χ3n) is 21.3. The Kier molecular flexibility index (Phi) is 10.3. The van der Waals surface area contributed by atoms with E-state index in [1.54, 1.807) is 24.3 Å². The maximum Gasteiger partial charge on any atom is 0.227 e. The number of halogens is 2. The number of amides is 1. The molecule has 386 valence electrons. The molecule has 12 aliphatic rings. The van der Waals surface area contributed by atoms with Crippen LogP contribution in [0.25, 0.3) is 0 Å². The Bertz CT molecular complexity index is 2830. The van der Waals surface area contributed by atoms with E-state index < -0.39 is 34.2 Å². The minimum atomic E-state index is -1.09. The molecule has 6 fully saturated rings. The van der Waals surface area contributed by atoms with Crippen molar-refractivity contribution in [2.45, 2.75) is 168 Å². The number of phenolic OH excluding ortho intramolecular Hbond substituents is 2. The van der Waals surface area contributed by atoms with Crippen molar-refractivity contribution in [3.05, 3.63) is 103 Å². The lowest BCUT2D eigenvalue weighted by Gasteiger charge is -2.63. The number of hydrogen-bond acceptors (Lipinski definition) is 10. The number of benzene rings is 3. The number of aliphatic hydroxyl groups is 2. The Balaban J connectivity index is 0.000000167. The summed E-state index contributed by atoms with van der Waals surface area (Å²) in [6, 6.07) is 13.9. The highest BCUT2D eigenvalue weighted by molar-refractivity contribution is 6.42. The summed E-state index contributed by atoms with van der Waals surface area (Å²) < 4.78 is 13.9. The van der Waals surface area contributed by atoms with E-state index in [4.69, 9.17) is 32.7 Å². The van der Waals surface area contributed by atoms with Crippen molar-refractivity contribution in [2.75, 3.05) is 46.3 Å². The average Bonchev–Trinajstić information content (AvgIpc) is 4.20. The normalized spacial score (nSPS) is 36.0. The summed E-state index contributed by atoms with van der Waals surface area (Å²) in [5.41, 5.74) is 5.86. The highest BCUT2D eigenvalue weighted by atomic mass is 35.5. The van der Waals surface area contributed by atoms with Crippen molar-refractivity contribution in [3.63, 3.8) is 0 Å². The first-order valence-corrected chi connectivity index (χ1v) is 28.7. The molecule has 1 amide bonds. The number of rotatable bonds is 8. The predicted molar refractivity (Wildman–Crippen MR) is 277 cm³/mol. The SMILES string of the molecule is CN(C(=O)Cc1ccc(Cl)c(Cl)c1)[C@H]1CCCC[C@@H]1N1CCCC1.Oc1ccc2c3c1OC1c4[nH]c5c(c4C[C@@]4(O)C(C2)N(CC2CC2)CCC314)C[C@@]1(O)[C@H]2Cc3ccc(O)c4c3C1(CCN2CC1CC1)C5O4. The van der Waals surface area contributed by atoms with Crippen LogP contribution in [-0.4, -0.2) is 133 Å². The van der Waals surface area contributed by atoms with E-state index >= 15 is 0 Å². The monoisotopic (exact) mass is 1030 g/mol. The molecule has 4 bridgehead atoms. The maximum atomic E-state index is 13.5. The molecular weight excluding hydrogens is 962 g/mol. The van der Waals surface area contributed by atoms with Gasteiger partial charge in [-0.15, -0.1) is 0 Å². The molecule has 3 saturated heterocycles. The molecule has 14 heteroatoms. The Labute approximate surface area is 437 Å². The van der Waals surface area contributed by atoms with Gasteiger partial charge in [0, 0.05) is 68.3 Å². The number of likely N-dealkylation sites (tertiary alicyclic amines) is 3. The van der Waals surface area contributed by atoms with Crippen LogP contribution >= 0.6 is 23.2 Å². The molecule has 73 heavy (non-hydrogen) atoms. The van der Waals surface area contributed by atoms with E-state index in [0.717, 1.165) is 97.5 Å². The molecule has 5 unspecified atom stereocenters. The lowest BCUT2D eigenvalue weighted by molar-refractivity contribution is -0.176. The standard InChI is InChI=1S/C40H43N3O6.C19H26Cl2N2O/c44-25-7-5-21-13-27-39(46)15-23-24-16-40(47)28-14-22-6-8-26(45)34-30(22)38(40,10-12-43(28)18-20-3-4-20)36(49-34)32(24)41-31(23)35-37(39,29(21)33(25)48-35)9-11-42(27)17-19-1-2-19;1-22(19(24)13-14-8-9-15(20)16(21)12-14)17-6-2-3-7-18(17)23-10-4-5-11-23/h5-8,19-20,27-28,35-36,41,44-47H,1-4,9-18H2;8-9,12,17-18H,2-7,10-11,13H2,1H3/t27-,28?,35?,36?,37?,38?,39-,40-;17-,18-/m10/s1. The third kappa shape index (κ3) is 6.41. The number of aromatic hydroxyl groups is 2. The summed E-state index contributed by atoms with van der Waals surface area (Å²) in [5, 5.41) is 50.5. The first-order chi connectivity index (χ1) is 35.3. The van der Waals surface area contributed by atoms with Crippen LogP contribution in [0.5, 0.6) is 23.0 Å². The summed E-state index contributed by atoms with van der Waals surface area (Å²) in [5.74, 6) is 2.94. The number of H-pyrrole nitrogens is 1. The summed E-state index contributed by atoms with van der Waals surface area (Å²) in [6.45, 7) is 6.23. The molecule has 12 nitrogen and oxygen atoms in total. The van der Waals surface area contributed by atoms with Crippen LogP contribution in [0.4, 0.5) is 0 Å². The number of likely N-dealkylation sites (N-methyl/N-ethyl adjacent to an activating group) is 1. The van der Waals surface area contributed by atoms with Crippen LogP contribution in [0.3, 0.4) is 0 Å². The van der Waals surface area contributed by atoms with E-state index in [1.807, 2.05) is 18.0 Å². The number of nitrogens with zero attached hydrogens (tertiary/aromatic N) is 4. The van der Waals surface area contributed by atoms with E-state index in [1.165, 1.54) is 82.0 Å². The van der Waals surface area contributed by atoms with Gasteiger partial charge in [-0.1, -0.05) is 54.2 Å². The van der Waals surface area contributed by atoms with E-state index in [2.05, 4.69) is 31.8 Å². The maximum absolute atomic E-state index is 13.5. The Morgan fingerprint density at radius 2 is 1.23 bits per heavy atom. The predicted octanol–water partition coefficient (Wildman–Crippen LogP) is 8.23. The molecule has 1 aromatic heterocycles. The molecule has 0 radical (unpaired) electrons. The zero-order valence-electron chi connectivity index (χ0n) is 42.0. The molecule has 3 aromatic carbocycles. The third-order valence-corrected chi connectivity index (χ3v) is 22.0. The quantitative estimate of drug-likeness (QED) is 0.117. The van der Waals surface area contributed by atoms with Crippen LogP contribution in [-0.2, 0) is 47.7 Å². The van der Waals surface area contributed by atoms with Gasteiger partial charge in [-0.05, 0) is 167 Å². The van der Waals surface area contributed by atoms with Crippen LogP contribution < -0.4 is 9.47 Å². The molecule has 5 aliphatic heterocycles. The van der Waals surface area contributed by atoms with Gasteiger partial charge in [0.05, 0.1) is 49.9 Å². The Morgan fingerprint density at radius 3 is 1.75 bits per heavy atom. The van der Waals surface area contributed by atoms with Crippen molar-refractivity contribution < 1.29 is 34.7 Å². The van der Waals surface area contributed by atoms with Gasteiger partial charge in [0.2, 0.25) is 5.91 Å². The summed E-state index contributed by atoms with van der Waals surface area (Å²) in [7, 11) is 1.97. The molecule has 10 atom stereocenters. The molecule has 7 aliphatic carbocycles. The molecule has 5 N–H and O–H groups in total. The van der Waals surface area contributed by atoms with Gasteiger partial charge < -0.3 is 39.8 Å². The molecule has 4 aromatic rings. The molecule has 2 spiro atoms. The second-order valence-corrected chi connectivity index (χ2v) is 25.7. The molecule has 16 rings (SSSR count). The topological polar surface area (TPSA) is 145 Å². The second kappa shape index (κ2) is 16.3. The van der Waals surface area contributed by atoms with E-state index in [9.17, 15) is 25.2 Å². The number of ether oxygens (including phenoxy) is 2. The van der Waals surface area contributed by atoms with E-state index in [-0.39, 0.29) is 29.5 Å². The largest absolute Gasteiger partial charge is 0.504 e. The second-order valence-electron chi connectivity index (χ2n) is 24.9. The van der Waals surface area contributed by atoms with E-state index in [0.29, 0.717) is 64.7 Å². The van der Waals surface area contributed by atoms with Gasteiger partial charge in [0.1, 0.15) is 0 Å². The first-order valence-electron chi connectivity index (χ1n) is 27.9. The molecule has 3 saturated carbocycles. The van der Waals surface area contributed by atoms with Crippen LogP contribution in [0.2, 0.25) is 10.0 Å². The minimum absolute atomic E-state index is 0.0535. The number of aromatic amines is 1. The van der Waals surface area contributed by atoms with Crippen LogP contribution in [0.15, 0.2) is 42.5 Å². The zero-order chi connectivity index (χ0) is 49.5. The van der Waals surface area contributed by atoms with Crippen molar-refractivity contribution in [1.82, 2.24) is 24.6 Å². The van der Waals surface area contributed by atoms with Gasteiger partial charge in [0.25, 0.3) is 0 Å². The fourth-order valence-electron chi connectivity index (χ4n) is 17.5. The lowest BCUT2D eigenvalue weighted by atomic mass is 9.47. The van der Waals surface area contributed by atoms with Gasteiger partial charge in [-0.3, -0.25) is 19.5 Å².